The standard InChI is InChI=1S/C14H24N2O/c1-2-3-4-5-8-13-10-11-16(15-13)14-9-6-7-12-17-14/h10-11,14H,2-9,12H2,1H3. The van der Waals surface area contributed by atoms with Crippen LogP contribution in [0.1, 0.15) is 63.8 Å². The molecule has 3 nitrogen and oxygen atoms in total. The smallest absolute Gasteiger partial charge is 0.150 e. The quantitative estimate of drug-likeness (QED) is 0.704. The molecule has 96 valence electrons. The molecule has 1 saturated heterocycles. The lowest BCUT2D eigenvalue weighted by molar-refractivity contribution is -0.0396. The zero-order valence-electron chi connectivity index (χ0n) is 10.9. The maximum absolute atomic E-state index is 5.72. The first-order valence-corrected chi connectivity index (χ1v) is 7.06. The first kappa shape index (κ1) is 12.6. The van der Waals surface area contributed by atoms with Gasteiger partial charge in [-0.05, 0) is 38.2 Å². The van der Waals surface area contributed by atoms with Gasteiger partial charge in [0.25, 0.3) is 0 Å². The summed E-state index contributed by atoms with van der Waals surface area (Å²) in [6, 6.07) is 2.14. The molecule has 1 aromatic rings. The first-order valence-electron chi connectivity index (χ1n) is 7.06. The summed E-state index contributed by atoms with van der Waals surface area (Å²) in [5, 5.41) is 4.62. The van der Waals surface area contributed by atoms with Gasteiger partial charge in [-0.3, -0.25) is 0 Å². The van der Waals surface area contributed by atoms with Crippen molar-refractivity contribution in [3.8, 4) is 0 Å². The molecule has 3 heteroatoms. The van der Waals surface area contributed by atoms with Gasteiger partial charge >= 0.3 is 0 Å². The summed E-state index contributed by atoms with van der Waals surface area (Å²) in [4.78, 5) is 0. The number of ether oxygens (including phenoxy) is 1. The van der Waals surface area contributed by atoms with Crippen LogP contribution in [0.15, 0.2) is 12.3 Å². The zero-order valence-corrected chi connectivity index (χ0v) is 10.9. The Morgan fingerprint density at radius 3 is 3.06 bits per heavy atom. The zero-order chi connectivity index (χ0) is 11.9. The van der Waals surface area contributed by atoms with E-state index in [0.29, 0.717) is 0 Å². The fourth-order valence-electron chi connectivity index (χ4n) is 2.34. The van der Waals surface area contributed by atoms with Crippen LogP contribution in [-0.4, -0.2) is 16.4 Å². The van der Waals surface area contributed by atoms with Gasteiger partial charge in [-0.25, -0.2) is 4.68 Å². The number of hydrogen-bond donors (Lipinski definition) is 0. The third-order valence-electron chi connectivity index (χ3n) is 3.40. The van der Waals surface area contributed by atoms with Crippen LogP contribution < -0.4 is 0 Å². The SMILES string of the molecule is CCCCCCc1ccn(C2CCCCO2)n1. The summed E-state index contributed by atoms with van der Waals surface area (Å²) in [7, 11) is 0. The molecule has 0 N–H and O–H groups in total. The van der Waals surface area contributed by atoms with E-state index in [1.165, 1.54) is 44.2 Å². The molecule has 2 rings (SSSR count). The van der Waals surface area contributed by atoms with Crippen molar-refractivity contribution < 1.29 is 4.74 Å². The molecule has 0 amide bonds. The molecular weight excluding hydrogens is 212 g/mol. The number of aryl methyl sites for hydroxylation is 1. The highest BCUT2D eigenvalue weighted by atomic mass is 16.5. The minimum absolute atomic E-state index is 0.188. The van der Waals surface area contributed by atoms with E-state index in [1.54, 1.807) is 0 Å². The molecular formula is C14H24N2O. The number of nitrogens with zero attached hydrogens (tertiary/aromatic N) is 2. The minimum Gasteiger partial charge on any atom is -0.357 e. The van der Waals surface area contributed by atoms with Crippen LogP contribution in [0.2, 0.25) is 0 Å². The van der Waals surface area contributed by atoms with Crippen LogP contribution in [0.25, 0.3) is 0 Å². The van der Waals surface area contributed by atoms with Crippen molar-refractivity contribution >= 4 is 0 Å². The van der Waals surface area contributed by atoms with Crippen molar-refractivity contribution in [3.63, 3.8) is 0 Å². The van der Waals surface area contributed by atoms with Crippen molar-refractivity contribution in [2.45, 2.75) is 64.5 Å². The Morgan fingerprint density at radius 2 is 2.29 bits per heavy atom. The summed E-state index contributed by atoms with van der Waals surface area (Å²) in [5.41, 5.74) is 1.22. The van der Waals surface area contributed by atoms with Gasteiger partial charge in [0.15, 0.2) is 0 Å². The Labute approximate surface area is 104 Å². The van der Waals surface area contributed by atoms with Crippen LogP contribution in [0.3, 0.4) is 0 Å². The predicted octanol–water partition coefficient (Wildman–Crippen LogP) is 3.71. The summed E-state index contributed by atoms with van der Waals surface area (Å²) in [6.07, 6.45) is 12.2. The Hall–Kier alpha value is -0.830. The number of rotatable bonds is 6. The molecule has 1 fully saturated rings. The molecule has 1 aliphatic heterocycles. The summed E-state index contributed by atoms with van der Waals surface area (Å²) in [6.45, 7) is 3.13. The van der Waals surface area contributed by atoms with Crippen molar-refractivity contribution in [2.24, 2.45) is 0 Å². The van der Waals surface area contributed by atoms with Gasteiger partial charge < -0.3 is 4.74 Å². The van der Waals surface area contributed by atoms with Gasteiger partial charge in [0.1, 0.15) is 6.23 Å². The second-order valence-electron chi connectivity index (χ2n) is 4.92. The highest BCUT2D eigenvalue weighted by Gasteiger charge is 2.16. The lowest BCUT2D eigenvalue weighted by Gasteiger charge is -2.22. The second-order valence-corrected chi connectivity index (χ2v) is 4.92. The topological polar surface area (TPSA) is 27.1 Å². The molecule has 17 heavy (non-hydrogen) atoms. The van der Waals surface area contributed by atoms with E-state index in [1.807, 2.05) is 4.68 Å². The molecule has 0 saturated carbocycles. The highest BCUT2D eigenvalue weighted by molar-refractivity contribution is 4.99. The van der Waals surface area contributed by atoms with Crippen molar-refractivity contribution in [2.75, 3.05) is 6.61 Å². The molecule has 2 heterocycles. The molecule has 1 atom stereocenters. The van der Waals surface area contributed by atoms with Gasteiger partial charge in [-0.15, -0.1) is 0 Å². The second kappa shape index (κ2) is 6.80. The Kier molecular flexibility index (Phi) is 5.05. The van der Waals surface area contributed by atoms with E-state index < -0.39 is 0 Å². The number of unbranched alkanes of at least 4 members (excludes halogenated alkanes) is 3. The molecule has 1 aromatic heterocycles. The molecule has 0 spiro atoms. The van der Waals surface area contributed by atoms with Gasteiger partial charge in [0.2, 0.25) is 0 Å². The normalized spacial score (nSPS) is 20.6. The lowest BCUT2D eigenvalue weighted by atomic mass is 10.1. The van der Waals surface area contributed by atoms with Gasteiger partial charge in [-0.1, -0.05) is 26.2 Å². The van der Waals surface area contributed by atoms with E-state index in [0.717, 1.165) is 19.4 Å². The third kappa shape index (κ3) is 3.84. The summed E-state index contributed by atoms with van der Waals surface area (Å²) >= 11 is 0. The van der Waals surface area contributed by atoms with Crippen LogP contribution >= 0.6 is 0 Å². The van der Waals surface area contributed by atoms with Gasteiger partial charge in [0.05, 0.1) is 5.69 Å². The van der Waals surface area contributed by atoms with E-state index in [-0.39, 0.29) is 6.23 Å². The largest absolute Gasteiger partial charge is 0.357 e. The molecule has 0 aromatic carbocycles. The third-order valence-corrected chi connectivity index (χ3v) is 3.40. The van der Waals surface area contributed by atoms with E-state index in [2.05, 4.69) is 24.3 Å². The number of aromatic nitrogens is 2. The molecule has 1 unspecified atom stereocenters. The molecule has 1 aliphatic rings. The molecule has 0 bridgehead atoms. The fraction of sp³-hybridized carbons (Fsp3) is 0.786. The average molecular weight is 236 g/mol. The monoisotopic (exact) mass is 236 g/mol. The van der Waals surface area contributed by atoms with Gasteiger partial charge in [-0.2, -0.15) is 5.10 Å². The van der Waals surface area contributed by atoms with E-state index in [9.17, 15) is 0 Å². The van der Waals surface area contributed by atoms with E-state index >= 15 is 0 Å². The lowest BCUT2D eigenvalue weighted by Crippen LogP contribution is -2.18. The highest BCUT2D eigenvalue weighted by Crippen LogP contribution is 2.21. The summed E-state index contributed by atoms with van der Waals surface area (Å²) in [5.74, 6) is 0. The van der Waals surface area contributed by atoms with Crippen LogP contribution in [0, 0.1) is 0 Å². The molecule has 0 aliphatic carbocycles. The van der Waals surface area contributed by atoms with Gasteiger partial charge in [0, 0.05) is 12.8 Å². The fourth-order valence-corrected chi connectivity index (χ4v) is 2.34. The predicted molar refractivity (Wildman–Crippen MR) is 68.9 cm³/mol. The average Bonchev–Trinajstić information content (AvgIpc) is 2.85. The maximum Gasteiger partial charge on any atom is 0.150 e. The Balaban J connectivity index is 1.78. The summed E-state index contributed by atoms with van der Waals surface area (Å²) < 4.78 is 7.73. The van der Waals surface area contributed by atoms with Crippen molar-refractivity contribution in [1.29, 1.82) is 0 Å². The number of hydrogen-bond acceptors (Lipinski definition) is 2. The Morgan fingerprint density at radius 1 is 1.35 bits per heavy atom. The first-order chi connectivity index (χ1) is 8.40. The van der Waals surface area contributed by atoms with E-state index in [4.69, 9.17) is 4.74 Å². The van der Waals surface area contributed by atoms with Crippen LogP contribution in [-0.2, 0) is 11.2 Å². The maximum atomic E-state index is 5.72. The Bertz CT molecular complexity index is 316. The van der Waals surface area contributed by atoms with Crippen LogP contribution in [0.5, 0.6) is 0 Å². The van der Waals surface area contributed by atoms with Crippen LogP contribution in [0.4, 0.5) is 0 Å². The minimum atomic E-state index is 0.188. The molecule has 0 radical (unpaired) electrons. The van der Waals surface area contributed by atoms with Crippen molar-refractivity contribution in [1.82, 2.24) is 9.78 Å². The van der Waals surface area contributed by atoms with Crippen molar-refractivity contribution in [3.05, 3.63) is 18.0 Å².